The van der Waals surface area contributed by atoms with Gasteiger partial charge in [0.15, 0.2) is 24.0 Å². The zero-order valence-corrected chi connectivity index (χ0v) is 14.9. The number of benzene rings is 1. The van der Waals surface area contributed by atoms with Gasteiger partial charge in [0.2, 0.25) is 11.8 Å². The van der Waals surface area contributed by atoms with Gasteiger partial charge in [0.1, 0.15) is 6.54 Å². The number of nitrogens with zero attached hydrogens (tertiary/aromatic N) is 1. The van der Waals surface area contributed by atoms with E-state index in [-0.39, 0.29) is 35.0 Å². The summed E-state index contributed by atoms with van der Waals surface area (Å²) in [5.74, 6) is -3.53. The molecule has 1 aromatic rings. The Morgan fingerprint density at radius 2 is 1.78 bits per heavy atom. The fourth-order valence-electron chi connectivity index (χ4n) is 3.63. The quantitative estimate of drug-likeness (QED) is 0.426. The van der Waals surface area contributed by atoms with Crippen LogP contribution in [0, 0.1) is 17.7 Å². The number of methoxy groups -OCH3 is 1. The number of imide groups is 1. The van der Waals surface area contributed by atoms with Crippen molar-refractivity contribution in [2.24, 2.45) is 11.8 Å². The molecule has 2 amide bonds. The van der Waals surface area contributed by atoms with Gasteiger partial charge >= 0.3 is 5.97 Å². The van der Waals surface area contributed by atoms with Crippen LogP contribution in [0.4, 0.5) is 4.39 Å². The van der Waals surface area contributed by atoms with E-state index in [4.69, 9.17) is 9.47 Å². The van der Waals surface area contributed by atoms with Gasteiger partial charge in [-0.3, -0.25) is 24.1 Å². The summed E-state index contributed by atoms with van der Waals surface area (Å²) < 4.78 is 23.3. The molecule has 0 bridgehead atoms. The van der Waals surface area contributed by atoms with Crippen molar-refractivity contribution in [1.82, 2.24) is 4.90 Å². The number of Topliss-reactive ketones (excluding diaryl/α,β-unsaturated/α-hetero) is 1. The van der Waals surface area contributed by atoms with Gasteiger partial charge in [0, 0.05) is 5.56 Å². The minimum absolute atomic E-state index is 0.00364. The Morgan fingerprint density at radius 3 is 2.33 bits per heavy atom. The summed E-state index contributed by atoms with van der Waals surface area (Å²) in [7, 11) is 1.30. The normalized spacial score (nSPS) is 21.8. The highest BCUT2D eigenvalue weighted by Gasteiger charge is 2.48. The first kappa shape index (κ1) is 19.0. The van der Waals surface area contributed by atoms with Crippen molar-refractivity contribution in [1.29, 1.82) is 0 Å². The Labute approximate surface area is 155 Å². The Hall–Kier alpha value is -2.77. The van der Waals surface area contributed by atoms with Crippen molar-refractivity contribution in [2.75, 3.05) is 20.3 Å². The van der Waals surface area contributed by atoms with Crippen LogP contribution in [0.2, 0.25) is 0 Å². The van der Waals surface area contributed by atoms with E-state index in [0.717, 1.165) is 23.8 Å². The Morgan fingerprint density at radius 1 is 1.15 bits per heavy atom. The number of rotatable bonds is 6. The van der Waals surface area contributed by atoms with Crippen molar-refractivity contribution in [3.63, 3.8) is 0 Å². The molecular weight excluding hydrogens is 357 g/mol. The Balaban J connectivity index is 1.55. The lowest BCUT2D eigenvalue weighted by molar-refractivity contribution is -0.152. The zero-order chi connectivity index (χ0) is 19.6. The predicted octanol–water partition coefficient (Wildman–Crippen LogP) is 1.74. The van der Waals surface area contributed by atoms with Gasteiger partial charge in [-0.05, 0) is 31.0 Å². The van der Waals surface area contributed by atoms with Crippen LogP contribution in [-0.4, -0.2) is 48.7 Å². The molecule has 0 unspecified atom stereocenters. The number of carbonyl (C=O) groups is 4. The summed E-state index contributed by atoms with van der Waals surface area (Å²) in [6.45, 7) is -1.11. The van der Waals surface area contributed by atoms with Crippen LogP contribution >= 0.6 is 0 Å². The molecule has 27 heavy (non-hydrogen) atoms. The maximum Gasteiger partial charge on any atom is 0.326 e. The van der Waals surface area contributed by atoms with Crippen LogP contribution in [0.3, 0.4) is 0 Å². The van der Waals surface area contributed by atoms with Crippen molar-refractivity contribution < 1.29 is 33.0 Å². The second kappa shape index (κ2) is 7.85. The highest BCUT2D eigenvalue weighted by molar-refractivity contribution is 6.07. The maximum atomic E-state index is 13.6. The lowest BCUT2D eigenvalue weighted by atomic mass is 9.81. The van der Waals surface area contributed by atoms with E-state index in [0.29, 0.717) is 12.8 Å². The molecule has 1 saturated heterocycles. The molecular formula is C19H20FNO6. The van der Waals surface area contributed by atoms with Crippen molar-refractivity contribution in [3.8, 4) is 5.75 Å². The molecule has 2 aliphatic rings. The average Bonchev–Trinajstić information content (AvgIpc) is 2.91. The Bertz CT molecular complexity index is 768. The van der Waals surface area contributed by atoms with E-state index in [1.807, 2.05) is 0 Å². The summed E-state index contributed by atoms with van der Waals surface area (Å²) in [5, 5.41) is 0. The average molecular weight is 377 g/mol. The second-order valence-electron chi connectivity index (χ2n) is 6.69. The van der Waals surface area contributed by atoms with Crippen molar-refractivity contribution >= 4 is 23.6 Å². The van der Waals surface area contributed by atoms with Gasteiger partial charge in [0.25, 0.3) is 0 Å². The van der Waals surface area contributed by atoms with E-state index in [2.05, 4.69) is 0 Å². The molecule has 0 spiro atoms. The van der Waals surface area contributed by atoms with Gasteiger partial charge < -0.3 is 9.47 Å². The van der Waals surface area contributed by atoms with Gasteiger partial charge in [-0.1, -0.05) is 12.8 Å². The number of halogens is 1. The highest BCUT2D eigenvalue weighted by atomic mass is 19.1. The van der Waals surface area contributed by atoms with Crippen LogP contribution in [0.1, 0.15) is 36.0 Å². The van der Waals surface area contributed by atoms with Crippen LogP contribution in [0.5, 0.6) is 5.75 Å². The molecule has 2 atom stereocenters. The summed E-state index contributed by atoms with van der Waals surface area (Å²) in [6.07, 6.45) is 3.10. The summed E-state index contributed by atoms with van der Waals surface area (Å²) in [6, 6.07) is 3.65. The topological polar surface area (TPSA) is 90.0 Å². The fourth-order valence-corrected chi connectivity index (χ4v) is 3.63. The minimum Gasteiger partial charge on any atom is -0.494 e. The number of ketones is 1. The monoisotopic (exact) mass is 377 g/mol. The van der Waals surface area contributed by atoms with E-state index < -0.39 is 30.7 Å². The standard InChI is InChI=1S/C19H20FNO6/c1-26-16-7-6-11(8-14(16)20)15(22)10-27-17(23)9-21-18(24)12-4-2-3-5-13(12)19(21)25/h6-8,12-13H,2-5,9-10H2,1H3/t12-,13-/m0/s1. The van der Waals surface area contributed by atoms with Crippen LogP contribution in [0.25, 0.3) is 0 Å². The molecule has 0 aromatic heterocycles. The third-order valence-corrected chi connectivity index (χ3v) is 5.06. The first-order valence-corrected chi connectivity index (χ1v) is 8.80. The number of amides is 2. The minimum atomic E-state index is -0.849. The number of carbonyl (C=O) groups excluding carboxylic acids is 4. The van der Waals surface area contributed by atoms with Crippen LogP contribution in [0.15, 0.2) is 18.2 Å². The second-order valence-corrected chi connectivity index (χ2v) is 6.69. The van der Waals surface area contributed by atoms with Gasteiger partial charge in [-0.25, -0.2) is 4.39 Å². The number of likely N-dealkylation sites (tertiary alicyclic amines) is 1. The molecule has 3 rings (SSSR count). The van der Waals surface area contributed by atoms with E-state index >= 15 is 0 Å². The third kappa shape index (κ3) is 3.84. The number of hydrogen-bond acceptors (Lipinski definition) is 6. The van der Waals surface area contributed by atoms with E-state index in [1.54, 1.807) is 0 Å². The fraction of sp³-hybridized carbons (Fsp3) is 0.474. The van der Waals surface area contributed by atoms with E-state index in [1.165, 1.54) is 19.2 Å². The molecule has 1 saturated carbocycles. The van der Waals surface area contributed by atoms with Crippen LogP contribution in [-0.2, 0) is 19.1 Å². The third-order valence-electron chi connectivity index (χ3n) is 5.06. The zero-order valence-electron chi connectivity index (χ0n) is 14.9. The number of ether oxygens (including phenoxy) is 2. The molecule has 144 valence electrons. The molecule has 1 aromatic carbocycles. The van der Waals surface area contributed by atoms with Gasteiger partial charge in [-0.2, -0.15) is 0 Å². The summed E-state index contributed by atoms with van der Waals surface area (Å²) in [4.78, 5) is 49.6. The molecule has 0 N–H and O–H groups in total. The van der Waals surface area contributed by atoms with E-state index in [9.17, 15) is 23.6 Å². The first-order valence-electron chi connectivity index (χ1n) is 8.80. The molecule has 8 heteroatoms. The molecule has 0 radical (unpaired) electrons. The largest absolute Gasteiger partial charge is 0.494 e. The van der Waals surface area contributed by atoms with Crippen LogP contribution < -0.4 is 4.74 Å². The molecule has 1 aliphatic heterocycles. The number of esters is 1. The lowest BCUT2D eigenvalue weighted by Crippen LogP contribution is -2.37. The van der Waals surface area contributed by atoms with Crippen molar-refractivity contribution in [3.05, 3.63) is 29.6 Å². The lowest BCUT2D eigenvalue weighted by Gasteiger charge is -2.19. The van der Waals surface area contributed by atoms with Gasteiger partial charge in [0.05, 0.1) is 18.9 Å². The first-order chi connectivity index (χ1) is 12.9. The molecule has 1 aliphatic carbocycles. The predicted molar refractivity (Wildman–Crippen MR) is 90.4 cm³/mol. The smallest absolute Gasteiger partial charge is 0.326 e. The number of hydrogen-bond donors (Lipinski definition) is 0. The highest BCUT2D eigenvalue weighted by Crippen LogP contribution is 2.37. The Kier molecular flexibility index (Phi) is 5.53. The summed E-state index contributed by atoms with van der Waals surface area (Å²) in [5.41, 5.74) is 0.0282. The molecule has 1 heterocycles. The SMILES string of the molecule is COc1ccc(C(=O)COC(=O)CN2C(=O)[C@H]3CCCC[C@@H]3C2=O)cc1F. The maximum absolute atomic E-state index is 13.6. The molecule has 7 nitrogen and oxygen atoms in total. The summed E-state index contributed by atoms with van der Waals surface area (Å²) >= 11 is 0. The van der Waals surface area contributed by atoms with Gasteiger partial charge in [-0.15, -0.1) is 0 Å². The number of fused-ring (bicyclic) bond motifs is 1. The molecule has 2 fully saturated rings. The van der Waals surface area contributed by atoms with Crippen molar-refractivity contribution in [2.45, 2.75) is 25.7 Å².